The molecule has 0 radical (unpaired) electrons. The fourth-order valence-electron chi connectivity index (χ4n) is 2.33. The van der Waals surface area contributed by atoms with Crippen LogP contribution in [0.15, 0.2) is 0 Å². The Labute approximate surface area is 70.6 Å². The first-order chi connectivity index (χ1) is 5.27. The zero-order valence-corrected chi connectivity index (χ0v) is 8.06. The van der Waals surface area contributed by atoms with Crippen LogP contribution in [0, 0.1) is 5.92 Å². The Kier molecular flexibility index (Phi) is 3.38. The van der Waals surface area contributed by atoms with Crippen molar-refractivity contribution < 1.29 is 0 Å². The van der Waals surface area contributed by atoms with Gasteiger partial charge in [0.05, 0.1) is 0 Å². The lowest BCUT2D eigenvalue weighted by Crippen LogP contribution is -2.29. The standard InChI is InChI=1S/C10H21N/c1-4-6-9-7-8(3)11-10(9)5-2/h8-11H,4-7H2,1-3H3/t8-,9?,10?/m1/s1. The number of rotatable bonds is 3. The minimum absolute atomic E-state index is 0.761. The molecule has 1 rings (SSSR count). The highest BCUT2D eigenvalue weighted by Crippen LogP contribution is 2.26. The second-order valence-electron chi connectivity index (χ2n) is 3.87. The second-order valence-corrected chi connectivity index (χ2v) is 3.87. The summed E-state index contributed by atoms with van der Waals surface area (Å²) >= 11 is 0. The van der Waals surface area contributed by atoms with Gasteiger partial charge in [0, 0.05) is 12.1 Å². The van der Waals surface area contributed by atoms with Crippen LogP contribution in [-0.2, 0) is 0 Å². The molecule has 1 fully saturated rings. The average molecular weight is 155 g/mol. The number of nitrogens with one attached hydrogen (secondary N) is 1. The Balaban J connectivity index is 2.37. The van der Waals surface area contributed by atoms with Crippen LogP contribution in [0.2, 0.25) is 0 Å². The Morgan fingerprint density at radius 2 is 2.09 bits per heavy atom. The van der Waals surface area contributed by atoms with E-state index in [1.54, 1.807) is 0 Å². The molecule has 1 N–H and O–H groups in total. The van der Waals surface area contributed by atoms with Crippen LogP contribution in [0.5, 0.6) is 0 Å². The zero-order chi connectivity index (χ0) is 8.27. The van der Waals surface area contributed by atoms with Crippen molar-refractivity contribution in [3.05, 3.63) is 0 Å². The van der Waals surface area contributed by atoms with E-state index in [2.05, 4.69) is 26.1 Å². The molecule has 1 heterocycles. The van der Waals surface area contributed by atoms with Crippen LogP contribution in [0.4, 0.5) is 0 Å². The Morgan fingerprint density at radius 1 is 1.36 bits per heavy atom. The van der Waals surface area contributed by atoms with Crippen molar-refractivity contribution in [1.29, 1.82) is 0 Å². The molecule has 0 aliphatic carbocycles. The summed E-state index contributed by atoms with van der Waals surface area (Å²) in [5.74, 6) is 0.958. The molecule has 0 saturated carbocycles. The largest absolute Gasteiger partial charge is 0.311 e. The lowest BCUT2D eigenvalue weighted by Gasteiger charge is -2.16. The summed E-state index contributed by atoms with van der Waals surface area (Å²) in [5.41, 5.74) is 0. The van der Waals surface area contributed by atoms with E-state index >= 15 is 0 Å². The molecule has 0 aromatic carbocycles. The van der Waals surface area contributed by atoms with E-state index < -0.39 is 0 Å². The SMILES string of the molecule is CCCC1C[C@@H](C)NC1CC. The quantitative estimate of drug-likeness (QED) is 0.660. The monoisotopic (exact) mass is 155 g/mol. The highest BCUT2D eigenvalue weighted by molar-refractivity contribution is 4.87. The predicted octanol–water partition coefficient (Wildman–Crippen LogP) is 2.56. The summed E-state index contributed by atoms with van der Waals surface area (Å²) in [6.07, 6.45) is 5.45. The highest BCUT2D eigenvalue weighted by atomic mass is 15.0. The Hall–Kier alpha value is -0.0400. The maximum absolute atomic E-state index is 3.64. The van der Waals surface area contributed by atoms with Crippen LogP contribution in [-0.4, -0.2) is 12.1 Å². The van der Waals surface area contributed by atoms with Gasteiger partial charge in [0.25, 0.3) is 0 Å². The van der Waals surface area contributed by atoms with Gasteiger partial charge in [-0.2, -0.15) is 0 Å². The van der Waals surface area contributed by atoms with Crippen molar-refractivity contribution in [2.24, 2.45) is 5.92 Å². The van der Waals surface area contributed by atoms with E-state index in [0.717, 1.165) is 18.0 Å². The molecule has 0 aromatic rings. The van der Waals surface area contributed by atoms with Gasteiger partial charge in [-0.15, -0.1) is 0 Å². The summed E-state index contributed by atoms with van der Waals surface area (Å²) in [7, 11) is 0. The van der Waals surface area contributed by atoms with Gasteiger partial charge < -0.3 is 5.32 Å². The van der Waals surface area contributed by atoms with Gasteiger partial charge >= 0.3 is 0 Å². The van der Waals surface area contributed by atoms with Gasteiger partial charge in [-0.3, -0.25) is 0 Å². The molecule has 1 nitrogen and oxygen atoms in total. The molecule has 2 unspecified atom stereocenters. The summed E-state index contributed by atoms with van der Waals surface area (Å²) in [6.45, 7) is 6.88. The van der Waals surface area contributed by atoms with Crippen molar-refractivity contribution in [3.8, 4) is 0 Å². The fraction of sp³-hybridized carbons (Fsp3) is 1.00. The minimum atomic E-state index is 0.761. The van der Waals surface area contributed by atoms with Crippen LogP contribution in [0.25, 0.3) is 0 Å². The van der Waals surface area contributed by atoms with Crippen molar-refractivity contribution >= 4 is 0 Å². The maximum atomic E-state index is 3.64. The highest BCUT2D eigenvalue weighted by Gasteiger charge is 2.28. The van der Waals surface area contributed by atoms with Crippen LogP contribution in [0.3, 0.4) is 0 Å². The molecule has 1 saturated heterocycles. The topological polar surface area (TPSA) is 12.0 Å². The predicted molar refractivity (Wildman–Crippen MR) is 49.7 cm³/mol. The normalized spacial score (nSPS) is 37.9. The van der Waals surface area contributed by atoms with Crippen molar-refractivity contribution in [3.63, 3.8) is 0 Å². The first kappa shape index (κ1) is 9.05. The number of hydrogen-bond donors (Lipinski definition) is 1. The summed E-state index contributed by atoms with van der Waals surface area (Å²) in [6, 6.07) is 1.57. The molecule has 0 bridgehead atoms. The molecule has 66 valence electrons. The van der Waals surface area contributed by atoms with Gasteiger partial charge in [-0.25, -0.2) is 0 Å². The van der Waals surface area contributed by atoms with Crippen LogP contribution >= 0.6 is 0 Å². The summed E-state index contributed by atoms with van der Waals surface area (Å²) in [4.78, 5) is 0. The lowest BCUT2D eigenvalue weighted by atomic mass is 9.93. The third-order valence-corrected chi connectivity index (χ3v) is 2.82. The third kappa shape index (κ3) is 2.19. The van der Waals surface area contributed by atoms with Crippen LogP contribution in [0.1, 0.15) is 46.5 Å². The second kappa shape index (κ2) is 4.10. The molecule has 0 amide bonds. The zero-order valence-electron chi connectivity index (χ0n) is 8.06. The van der Waals surface area contributed by atoms with Crippen LogP contribution < -0.4 is 5.32 Å². The van der Waals surface area contributed by atoms with Gasteiger partial charge in [-0.05, 0) is 32.1 Å². The van der Waals surface area contributed by atoms with Crippen molar-refractivity contribution in [2.75, 3.05) is 0 Å². The van der Waals surface area contributed by atoms with Gasteiger partial charge in [-0.1, -0.05) is 20.3 Å². The third-order valence-electron chi connectivity index (χ3n) is 2.82. The smallest absolute Gasteiger partial charge is 0.00957 e. The van der Waals surface area contributed by atoms with E-state index in [9.17, 15) is 0 Å². The maximum Gasteiger partial charge on any atom is 0.00957 e. The number of hydrogen-bond acceptors (Lipinski definition) is 1. The molecule has 11 heavy (non-hydrogen) atoms. The van der Waals surface area contributed by atoms with E-state index in [1.165, 1.54) is 25.7 Å². The van der Waals surface area contributed by atoms with Gasteiger partial charge in [0.15, 0.2) is 0 Å². The Morgan fingerprint density at radius 3 is 2.64 bits per heavy atom. The molecule has 1 aliphatic heterocycles. The van der Waals surface area contributed by atoms with Gasteiger partial charge in [0.2, 0.25) is 0 Å². The lowest BCUT2D eigenvalue weighted by molar-refractivity contribution is 0.406. The van der Waals surface area contributed by atoms with E-state index in [1.807, 2.05) is 0 Å². The molecule has 0 spiro atoms. The summed E-state index contributed by atoms with van der Waals surface area (Å²) < 4.78 is 0. The fourth-order valence-corrected chi connectivity index (χ4v) is 2.33. The van der Waals surface area contributed by atoms with E-state index in [-0.39, 0.29) is 0 Å². The van der Waals surface area contributed by atoms with E-state index in [4.69, 9.17) is 0 Å². The average Bonchev–Trinajstić information content (AvgIpc) is 2.32. The molecule has 3 atom stereocenters. The molecule has 0 aromatic heterocycles. The first-order valence-corrected chi connectivity index (χ1v) is 5.04. The van der Waals surface area contributed by atoms with Crippen molar-refractivity contribution in [1.82, 2.24) is 5.32 Å². The molecule has 1 heteroatoms. The minimum Gasteiger partial charge on any atom is -0.311 e. The summed E-state index contributed by atoms with van der Waals surface area (Å²) in [5, 5.41) is 3.64. The van der Waals surface area contributed by atoms with Gasteiger partial charge in [0.1, 0.15) is 0 Å². The molecular formula is C10H21N. The van der Waals surface area contributed by atoms with Crippen molar-refractivity contribution in [2.45, 2.75) is 58.5 Å². The molecule has 1 aliphatic rings. The molecular weight excluding hydrogens is 134 g/mol. The Bertz CT molecular complexity index is 111. The van der Waals surface area contributed by atoms with E-state index in [0.29, 0.717) is 0 Å². The first-order valence-electron chi connectivity index (χ1n) is 5.04.